The second-order valence-corrected chi connectivity index (χ2v) is 4.55. The van der Waals surface area contributed by atoms with Crippen LogP contribution >= 0.6 is 0 Å². The van der Waals surface area contributed by atoms with E-state index in [1.165, 1.54) is 6.42 Å². The fourth-order valence-corrected chi connectivity index (χ4v) is 1.69. The van der Waals surface area contributed by atoms with Crippen molar-refractivity contribution in [3.8, 4) is 0 Å². The van der Waals surface area contributed by atoms with Crippen LogP contribution in [0.25, 0.3) is 0 Å². The summed E-state index contributed by atoms with van der Waals surface area (Å²) in [5, 5.41) is 0. The Morgan fingerprint density at radius 2 is 2.12 bits per heavy atom. The van der Waals surface area contributed by atoms with E-state index in [4.69, 9.17) is 9.47 Å². The van der Waals surface area contributed by atoms with Gasteiger partial charge in [0.25, 0.3) is 0 Å². The molecule has 1 heterocycles. The summed E-state index contributed by atoms with van der Waals surface area (Å²) < 4.78 is 10.9. The van der Waals surface area contributed by atoms with Crippen LogP contribution in [-0.2, 0) is 9.47 Å². The predicted octanol–water partition coefficient (Wildman–Crippen LogP) is 3.34. The Balaban J connectivity index is 1.96. The van der Waals surface area contributed by atoms with Gasteiger partial charge in [-0.3, -0.25) is 0 Å². The molecule has 16 heavy (non-hydrogen) atoms. The number of hydrogen-bond acceptors (Lipinski definition) is 2. The van der Waals surface area contributed by atoms with E-state index >= 15 is 0 Å². The van der Waals surface area contributed by atoms with Crippen molar-refractivity contribution in [1.82, 2.24) is 0 Å². The Labute approximate surface area is 99.3 Å². The topological polar surface area (TPSA) is 18.5 Å². The molecule has 0 radical (unpaired) electrons. The predicted molar refractivity (Wildman–Crippen MR) is 67.6 cm³/mol. The smallest absolute Gasteiger partial charge is 0.0647 e. The van der Waals surface area contributed by atoms with Crippen molar-refractivity contribution in [1.29, 1.82) is 0 Å². The number of hydrogen-bond donors (Lipinski definition) is 0. The second-order valence-electron chi connectivity index (χ2n) is 4.55. The summed E-state index contributed by atoms with van der Waals surface area (Å²) >= 11 is 0. The van der Waals surface area contributed by atoms with Crippen molar-refractivity contribution in [2.45, 2.75) is 32.6 Å². The molecule has 1 rings (SSSR count). The quantitative estimate of drug-likeness (QED) is 0.442. The normalized spacial score (nSPS) is 18.6. The molecule has 0 aromatic carbocycles. The summed E-state index contributed by atoms with van der Waals surface area (Å²) in [6, 6.07) is 0. The van der Waals surface area contributed by atoms with Gasteiger partial charge in [-0.1, -0.05) is 25.2 Å². The molecule has 1 aliphatic rings. The lowest BCUT2D eigenvalue weighted by atomic mass is 9.84. The molecular formula is C14H24O2. The van der Waals surface area contributed by atoms with E-state index in [2.05, 4.69) is 25.7 Å². The highest BCUT2D eigenvalue weighted by molar-refractivity contribution is 4.86. The first-order valence-corrected chi connectivity index (χ1v) is 6.24. The van der Waals surface area contributed by atoms with Gasteiger partial charge in [-0.2, -0.15) is 0 Å². The Morgan fingerprint density at radius 1 is 1.31 bits per heavy atom. The van der Waals surface area contributed by atoms with Gasteiger partial charge >= 0.3 is 0 Å². The maximum atomic E-state index is 5.65. The molecule has 0 amide bonds. The van der Waals surface area contributed by atoms with Crippen LogP contribution in [0.15, 0.2) is 24.8 Å². The standard InChI is InChI=1S/C14H24O2/c1-3-5-6-7-8-9-10-15-11-14(4-2)12-16-13-14/h3,8-9H,1,4-7,10-13H2,2H3. The molecule has 1 aliphatic heterocycles. The monoisotopic (exact) mass is 224 g/mol. The zero-order chi connectivity index (χ0) is 11.7. The van der Waals surface area contributed by atoms with Gasteiger partial charge in [0.15, 0.2) is 0 Å². The fraction of sp³-hybridized carbons (Fsp3) is 0.714. The van der Waals surface area contributed by atoms with E-state index in [-0.39, 0.29) is 0 Å². The van der Waals surface area contributed by atoms with Crippen molar-refractivity contribution in [3.63, 3.8) is 0 Å². The van der Waals surface area contributed by atoms with Crippen molar-refractivity contribution in [3.05, 3.63) is 24.8 Å². The summed E-state index contributed by atoms with van der Waals surface area (Å²) in [6.07, 6.45) is 10.8. The molecule has 0 bridgehead atoms. The highest BCUT2D eigenvalue weighted by atomic mass is 16.5. The zero-order valence-electron chi connectivity index (χ0n) is 10.4. The SMILES string of the molecule is C=CCCCC=CCOCC1(CC)COC1. The van der Waals surface area contributed by atoms with Crippen LogP contribution in [0.5, 0.6) is 0 Å². The maximum Gasteiger partial charge on any atom is 0.0647 e. The number of unbranched alkanes of at least 4 members (excludes halogenated alkanes) is 2. The van der Waals surface area contributed by atoms with Crippen molar-refractivity contribution in [2.24, 2.45) is 5.41 Å². The largest absolute Gasteiger partial charge is 0.380 e. The van der Waals surface area contributed by atoms with Crippen LogP contribution < -0.4 is 0 Å². The number of rotatable bonds is 9. The lowest BCUT2D eigenvalue weighted by molar-refractivity contribution is -0.147. The van der Waals surface area contributed by atoms with Crippen LogP contribution in [0, 0.1) is 5.41 Å². The third-order valence-corrected chi connectivity index (χ3v) is 3.13. The first-order chi connectivity index (χ1) is 7.83. The Hall–Kier alpha value is -0.600. The van der Waals surface area contributed by atoms with Gasteiger partial charge in [0.05, 0.1) is 26.4 Å². The molecule has 1 fully saturated rings. The molecule has 92 valence electrons. The van der Waals surface area contributed by atoms with Crippen LogP contribution in [0.2, 0.25) is 0 Å². The molecule has 0 aromatic rings. The second kappa shape index (κ2) is 7.64. The van der Waals surface area contributed by atoms with E-state index in [1.807, 2.05) is 6.08 Å². The molecule has 1 saturated heterocycles. The van der Waals surface area contributed by atoms with Gasteiger partial charge < -0.3 is 9.47 Å². The molecule has 0 N–H and O–H groups in total. The maximum absolute atomic E-state index is 5.65. The van der Waals surface area contributed by atoms with E-state index < -0.39 is 0 Å². The van der Waals surface area contributed by atoms with Crippen molar-refractivity contribution >= 4 is 0 Å². The van der Waals surface area contributed by atoms with Crippen molar-refractivity contribution in [2.75, 3.05) is 26.4 Å². The molecule has 2 nitrogen and oxygen atoms in total. The van der Waals surface area contributed by atoms with Gasteiger partial charge in [0.2, 0.25) is 0 Å². The van der Waals surface area contributed by atoms with Gasteiger partial charge in [0, 0.05) is 5.41 Å². The number of allylic oxidation sites excluding steroid dienone is 2. The van der Waals surface area contributed by atoms with Crippen molar-refractivity contribution < 1.29 is 9.47 Å². The molecular weight excluding hydrogens is 200 g/mol. The number of ether oxygens (including phenoxy) is 2. The lowest BCUT2D eigenvalue weighted by Gasteiger charge is -2.40. The molecule has 0 spiro atoms. The highest BCUT2D eigenvalue weighted by Crippen LogP contribution is 2.31. The van der Waals surface area contributed by atoms with Crippen LogP contribution in [0.4, 0.5) is 0 Å². The zero-order valence-corrected chi connectivity index (χ0v) is 10.4. The first kappa shape index (κ1) is 13.5. The van der Waals surface area contributed by atoms with E-state index in [9.17, 15) is 0 Å². The van der Waals surface area contributed by atoms with Gasteiger partial charge in [-0.15, -0.1) is 6.58 Å². The summed E-state index contributed by atoms with van der Waals surface area (Å²) in [4.78, 5) is 0. The van der Waals surface area contributed by atoms with Gasteiger partial charge in [-0.05, 0) is 25.7 Å². The minimum Gasteiger partial charge on any atom is -0.380 e. The third-order valence-electron chi connectivity index (χ3n) is 3.13. The summed E-state index contributed by atoms with van der Waals surface area (Å²) in [6.45, 7) is 9.21. The minimum absolute atomic E-state index is 0.316. The summed E-state index contributed by atoms with van der Waals surface area (Å²) in [5.41, 5.74) is 0.316. The average molecular weight is 224 g/mol. The van der Waals surface area contributed by atoms with Crippen LogP contribution in [0.3, 0.4) is 0 Å². The third kappa shape index (κ3) is 4.50. The molecule has 0 atom stereocenters. The lowest BCUT2D eigenvalue weighted by Crippen LogP contribution is -2.45. The molecule has 2 heteroatoms. The fourth-order valence-electron chi connectivity index (χ4n) is 1.69. The Bertz CT molecular complexity index is 211. The van der Waals surface area contributed by atoms with Gasteiger partial charge in [0.1, 0.15) is 0 Å². The minimum atomic E-state index is 0.316. The molecule has 0 saturated carbocycles. The van der Waals surface area contributed by atoms with E-state index in [1.54, 1.807) is 0 Å². The Morgan fingerprint density at radius 3 is 2.69 bits per heavy atom. The average Bonchev–Trinajstić information content (AvgIpc) is 2.25. The first-order valence-electron chi connectivity index (χ1n) is 6.24. The molecule has 0 unspecified atom stereocenters. The van der Waals surface area contributed by atoms with Crippen LogP contribution in [-0.4, -0.2) is 26.4 Å². The summed E-state index contributed by atoms with van der Waals surface area (Å²) in [5.74, 6) is 0. The highest BCUT2D eigenvalue weighted by Gasteiger charge is 2.36. The Kier molecular flexibility index (Phi) is 6.43. The van der Waals surface area contributed by atoms with E-state index in [0.717, 1.165) is 45.7 Å². The van der Waals surface area contributed by atoms with Crippen LogP contribution in [0.1, 0.15) is 32.6 Å². The summed E-state index contributed by atoms with van der Waals surface area (Å²) in [7, 11) is 0. The van der Waals surface area contributed by atoms with E-state index in [0.29, 0.717) is 5.41 Å². The molecule has 0 aliphatic carbocycles. The van der Waals surface area contributed by atoms with Gasteiger partial charge in [-0.25, -0.2) is 0 Å². The molecule has 0 aromatic heterocycles.